The fraction of sp³-hybridized carbons (Fsp3) is 0.600. The van der Waals surface area contributed by atoms with Crippen molar-refractivity contribution in [3.05, 3.63) is 34.4 Å². The van der Waals surface area contributed by atoms with Gasteiger partial charge in [0, 0.05) is 25.2 Å². The number of rotatable bonds is 3. The van der Waals surface area contributed by atoms with E-state index in [0.717, 1.165) is 51.3 Å². The van der Waals surface area contributed by atoms with Crippen LogP contribution < -0.4 is 5.01 Å². The highest BCUT2D eigenvalue weighted by Gasteiger charge is 2.56. The summed E-state index contributed by atoms with van der Waals surface area (Å²) in [6.45, 7) is 3.18. The van der Waals surface area contributed by atoms with Gasteiger partial charge < -0.3 is 4.74 Å². The van der Waals surface area contributed by atoms with E-state index in [2.05, 4.69) is 15.2 Å². The Hall–Kier alpha value is -2.06. The van der Waals surface area contributed by atoms with Gasteiger partial charge in [-0.15, -0.1) is 0 Å². The number of benzene rings is 1. The molecule has 23 heavy (non-hydrogen) atoms. The van der Waals surface area contributed by atoms with Crippen molar-refractivity contribution in [2.45, 2.75) is 31.0 Å². The van der Waals surface area contributed by atoms with Gasteiger partial charge in [-0.1, -0.05) is 5.22 Å². The molecule has 0 N–H and O–H groups in total. The van der Waals surface area contributed by atoms with Gasteiger partial charge in [-0.05, 0) is 31.4 Å². The van der Waals surface area contributed by atoms with E-state index in [1.807, 2.05) is 5.01 Å². The second kappa shape index (κ2) is 5.54. The molecule has 0 amide bonds. The van der Waals surface area contributed by atoms with Crippen molar-refractivity contribution in [1.29, 1.82) is 0 Å². The maximum Gasteiger partial charge on any atom is 0.269 e. The van der Waals surface area contributed by atoms with E-state index in [1.165, 1.54) is 12.1 Å². The Balaban J connectivity index is 1.68. The van der Waals surface area contributed by atoms with Crippen LogP contribution in [0.2, 0.25) is 0 Å². The van der Waals surface area contributed by atoms with Gasteiger partial charge in [0.15, 0.2) is 0 Å². The molecule has 1 saturated carbocycles. The predicted molar refractivity (Wildman–Crippen MR) is 83.2 cm³/mol. The Morgan fingerprint density at radius 3 is 2.70 bits per heavy atom. The Morgan fingerprint density at radius 1 is 1.26 bits per heavy atom. The molecule has 0 aromatic heterocycles. The molecule has 3 aliphatic rings. The monoisotopic (exact) mass is 317 g/mol. The lowest BCUT2D eigenvalue weighted by Crippen LogP contribution is -2.63. The Bertz CT molecular complexity index is 629. The smallest absolute Gasteiger partial charge is 0.269 e. The highest BCUT2D eigenvalue weighted by atomic mass is 16.6. The first-order valence-corrected chi connectivity index (χ1v) is 8.00. The molecule has 8 nitrogen and oxygen atoms in total. The molecule has 1 aromatic carbocycles. The quantitative estimate of drug-likeness (QED) is 0.631. The van der Waals surface area contributed by atoms with E-state index < -0.39 is 0 Å². The minimum atomic E-state index is -0.384. The Labute approximate surface area is 133 Å². The van der Waals surface area contributed by atoms with Crippen LogP contribution in [0.5, 0.6) is 0 Å². The van der Waals surface area contributed by atoms with E-state index >= 15 is 0 Å². The molecule has 4 rings (SSSR count). The van der Waals surface area contributed by atoms with Crippen LogP contribution in [0, 0.1) is 10.1 Å². The zero-order valence-electron chi connectivity index (χ0n) is 12.8. The lowest BCUT2D eigenvalue weighted by molar-refractivity contribution is -0.384. The number of nitrogens with zero attached hydrogens (tertiary/aromatic N) is 5. The van der Waals surface area contributed by atoms with E-state index in [-0.39, 0.29) is 22.3 Å². The maximum absolute atomic E-state index is 10.9. The van der Waals surface area contributed by atoms with Gasteiger partial charge in [-0.2, -0.15) is 5.11 Å². The summed E-state index contributed by atoms with van der Waals surface area (Å²) >= 11 is 0. The fourth-order valence-corrected chi connectivity index (χ4v) is 3.99. The Kier molecular flexibility index (Phi) is 3.50. The van der Waals surface area contributed by atoms with Gasteiger partial charge in [0.1, 0.15) is 11.7 Å². The minimum absolute atomic E-state index is 0.0910. The van der Waals surface area contributed by atoms with Crippen LogP contribution in [0.3, 0.4) is 0 Å². The number of nitro benzene ring substituents is 1. The topological polar surface area (TPSA) is 83.6 Å². The third-order valence-electron chi connectivity index (χ3n) is 5.07. The van der Waals surface area contributed by atoms with Crippen molar-refractivity contribution < 1.29 is 9.66 Å². The highest BCUT2D eigenvalue weighted by molar-refractivity contribution is 5.53. The van der Waals surface area contributed by atoms with Gasteiger partial charge in [0.25, 0.3) is 5.69 Å². The number of hydrogen-bond donors (Lipinski definition) is 0. The average molecular weight is 317 g/mol. The number of non-ortho nitro benzene ring substituents is 1. The summed E-state index contributed by atoms with van der Waals surface area (Å²) in [5.41, 5.74) is 0.712. The van der Waals surface area contributed by atoms with Crippen LogP contribution in [-0.4, -0.2) is 47.8 Å². The molecule has 2 aliphatic heterocycles. The molecule has 8 heteroatoms. The summed E-state index contributed by atoms with van der Waals surface area (Å²) < 4.78 is 5.49. The summed E-state index contributed by atoms with van der Waals surface area (Å²) in [4.78, 5) is 12.9. The number of ether oxygens (including phenoxy) is 1. The number of hydrogen-bond acceptors (Lipinski definition) is 7. The van der Waals surface area contributed by atoms with Crippen molar-refractivity contribution in [2.75, 3.05) is 31.3 Å². The molecule has 122 valence electrons. The van der Waals surface area contributed by atoms with Gasteiger partial charge in [0.2, 0.25) is 0 Å². The molecule has 1 aromatic rings. The molecule has 1 saturated heterocycles. The maximum atomic E-state index is 10.9. The minimum Gasteiger partial charge on any atom is -0.379 e. The van der Waals surface area contributed by atoms with Crippen molar-refractivity contribution in [1.82, 2.24) is 4.90 Å². The van der Waals surface area contributed by atoms with E-state index in [0.29, 0.717) is 0 Å². The fourth-order valence-electron chi connectivity index (χ4n) is 3.99. The van der Waals surface area contributed by atoms with Gasteiger partial charge in [-0.3, -0.25) is 15.0 Å². The lowest BCUT2D eigenvalue weighted by atomic mass is 10.00. The lowest BCUT2D eigenvalue weighted by Gasteiger charge is -2.46. The number of fused-ring (bicyclic) bond motifs is 1. The van der Waals surface area contributed by atoms with Crippen LogP contribution in [0.15, 0.2) is 34.6 Å². The van der Waals surface area contributed by atoms with E-state index in [4.69, 9.17) is 4.74 Å². The third kappa shape index (κ3) is 2.21. The molecular weight excluding hydrogens is 298 g/mol. The first-order valence-electron chi connectivity index (χ1n) is 8.00. The molecular formula is C15H19N5O3. The normalized spacial score (nSPS) is 30.6. The van der Waals surface area contributed by atoms with Crippen LogP contribution in [0.4, 0.5) is 11.4 Å². The molecule has 0 spiro atoms. The van der Waals surface area contributed by atoms with Crippen LogP contribution >= 0.6 is 0 Å². The molecule has 0 unspecified atom stereocenters. The number of nitro groups is 1. The second-order valence-corrected chi connectivity index (χ2v) is 6.18. The summed E-state index contributed by atoms with van der Waals surface area (Å²) in [7, 11) is 0. The summed E-state index contributed by atoms with van der Waals surface area (Å²) in [5, 5.41) is 21.7. The molecule has 2 fully saturated rings. The van der Waals surface area contributed by atoms with Crippen molar-refractivity contribution >= 4 is 11.4 Å². The number of morpholine rings is 1. The molecule has 2 heterocycles. The summed E-state index contributed by atoms with van der Waals surface area (Å²) in [6.07, 6.45) is 3.15. The number of anilines is 1. The molecule has 1 aliphatic carbocycles. The third-order valence-corrected chi connectivity index (χ3v) is 5.07. The SMILES string of the molecule is O=[N+]([O-])c1ccc(N2N=N[C@@H]3CCC[C@]32N2CCOCC2)cc1. The summed E-state index contributed by atoms with van der Waals surface area (Å²) in [6, 6.07) is 6.75. The second-order valence-electron chi connectivity index (χ2n) is 6.18. The standard InChI is InChI=1S/C15H19N5O3/c21-20(22)13-5-3-12(4-6-13)19-15(18-8-10-23-11-9-18)7-1-2-14(15)16-17-19/h3-6,14H,1-2,7-11H2/t14-,15-/m1/s1. The summed E-state index contributed by atoms with van der Waals surface area (Å²) in [5.74, 6) is 0. The average Bonchev–Trinajstić information content (AvgIpc) is 3.15. The van der Waals surface area contributed by atoms with Crippen molar-refractivity contribution in [3.8, 4) is 0 Å². The van der Waals surface area contributed by atoms with Crippen LogP contribution in [0.1, 0.15) is 19.3 Å². The van der Waals surface area contributed by atoms with Gasteiger partial charge in [-0.25, -0.2) is 5.01 Å². The first kappa shape index (κ1) is 14.5. The van der Waals surface area contributed by atoms with Crippen molar-refractivity contribution in [3.63, 3.8) is 0 Å². The zero-order chi connectivity index (χ0) is 15.9. The molecule has 2 atom stereocenters. The first-order chi connectivity index (χ1) is 11.2. The highest BCUT2D eigenvalue weighted by Crippen LogP contribution is 2.47. The Morgan fingerprint density at radius 2 is 2.00 bits per heavy atom. The largest absolute Gasteiger partial charge is 0.379 e. The van der Waals surface area contributed by atoms with Crippen molar-refractivity contribution in [2.24, 2.45) is 10.3 Å². The predicted octanol–water partition coefficient (Wildman–Crippen LogP) is 2.36. The van der Waals surface area contributed by atoms with Crippen LogP contribution in [0.25, 0.3) is 0 Å². The van der Waals surface area contributed by atoms with E-state index in [9.17, 15) is 10.1 Å². The zero-order valence-corrected chi connectivity index (χ0v) is 12.8. The van der Waals surface area contributed by atoms with Gasteiger partial charge >= 0.3 is 0 Å². The molecule has 0 radical (unpaired) electrons. The molecule has 0 bridgehead atoms. The van der Waals surface area contributed by atoms with Gasteiger partial charge in [0.05, 0.1) is 23.8 Å². The van der Waals surface area contributed by atoms with Crippen LogP contribution in [-0.2, 0) is 4.74 Å². The van der Waals surface area contributed by atoms with E-state index in [1.54, 1.807) is 12.1 Å².